The lowest BCUT2D eigenvalue weighted by Crippen LogP contribution is -2.50. The number of carbonyl (C=O) groups excluding carboxylic acids is 1. The normalized spacial score (nSPS) is 20.6. The molecule has 1 aromatic heterocycles. The second-order valence-corrected chi connectivity index (χ2v) is 6.50. The fourth-order valence-corrected chi connectivity index (χ4v) is 2.90. The lowest BCUT2D eigenvalue weighted by atomic mass is 10.1. The summed E-state index contributed by atoms with van der Waals surface area (Å²) in [6.07, 6.45) is 1.96. The fraction of sp³-hybridized carbons (Fsp3) is 0.474. The molecule has 2 heterocycles. The summed E-state index contributed by atoms with van der Waals surface area (Å²) in [6.45, 7) is 5.51. The van der Waals surface area contributed by atoms with Gasteiger partial charge in [0, 0.05) is 12.5 Å². The Kier molecular flexibility index (Phi) is 5.83. The molecule has 0 saturated carbocycles. The molecule has 2 aromatic rings. The standard InChI is InChI=1S/C19H24N2O4/c1-13(2)18-17(20-12-25-18)19(22)21-15-11-23-9-8-16(15)24-10-14-6-4-3-5-7-14/h3-7,12-13,15-16H,8-11H2,1-2H3,(H,21,22)/t15-,16+/m1/s1. The van der Waals surface area contributed by atoms with Gasteiger partial charge in [-0.15, -0.1) is 0 Å². The highest BCUT2D eigenvalue weighted by atomic mass is 16.5. The highest BCUT2D eigenvalue weighted by Crippen LogP contribution is 2.19. The molecule has 1 amide bonds. The first-order valence-corrected chi connectivity index (χ1v) is 8.62. The Morgan fingerprint density at radius 3 is 2.92 bits per heavy atom. The second kappa shape index (κ2) is 8.27. The Morgan fingerprint density at radius 2 is 2.16 bits per heavy atom. The number of aromatic nitrogens is 1. The Labute approximate surface area is 147 Å². The Morgan fingerprint density at radius 1 is 1.36 bits per heavy atom. The van der Waals surface area contributed by atoms with Crippen molar-refractivity contribution >= 4 is 5.91 Å². The van der Waals surface area contributed by atoms with Gasteiger partial charge in [0.1, 0.15) is 5.76 Å². The van der Waals surface area contributed by atoms with Gasteiger partial charge in [0.2, 0.25) is 0 Å². The van der Waals surface area contributed by atoms with Crippen LogP contribution in [0.5, 0.6) is 0 Å². The SMILES string of the molecule is CC(C)c1ocnc1C(=O)N[C@@H]1COCC[C@@H]1OCc1ccccc1. The van der Waals surface area contributed by atoms with Crippen LogP contribution < -0.4 is 5.32 Å². The zero-order chi connectivity index (χ0) is 17.6. The average molecular weight is 344 g/mol. The van der Waals surface area contributed by atoms with Crippen LogP contribution in [0.4, 0.5) is 0 Å². The summed E-state index contributed by atoms with van der Waals surface area (Å²) in [7, 11) is 0. The van der Waals surface area contributed by atoms with Crippen molar-refractivity contribution in [2.75, 3.05) is 13.2 Å². The second-order valence-electron chi connectivity index (χ2n) is 6.50. The number of amides is 1. The van der Waals surface area contributed by atoms with E-state index in [1.807, 2.05) is 44.2 Å². The van der Waals surface area contributed by atoms with Crippen molar-refractivity contribution in [3.8, 4) is 0 Å². The van der Waals surface area contributed by atoms with Gasteiger partial charge in [-0.25, -0.2) is 4.98 Å². The third-order valence-corrected chi connectivity index (χ3v) is 4.25. The predicted molar refractivity (Wildman–Crippen MR) is 92.3 cm³/mol. The zero-order valence-electron chi connectivity index (χ0n) is 14.6. The molecule has 1 fully saturated rings. The Bertz CT molecular complexity index is 684. The van der Waals surface area contributed by atoms with E-state index < -0.39 is 0 Å². The van der Waals surface area contributed by atoms with Crippen LogP contribution in [0, 0.1) is 0 Å². The third-order valence-electron chi connectivity index (χ3n) is 4.25. The van der Waals surface area contributed by atoms with Crippen molar-refractivity contribution in [3.63, 3.8) is 0 Å². The largest absolute Gasteiger partial charge is 0.447 e. The third kappa shape index (κ3) is 4.46. The van der Waals surface area contributed by atoms with Crippen molar-refractivity contribution in [2.24, 2.45) is 0 Å². The van der Waals surface area contributed by atoms with Gasteiger partial charge in [-0.1, -0.05) is 44.2 Å². The summed E-state index contributed by atoms with van der Waals surface area (Å²) >= 11 is 0. The van der Waals surface area contributed by atoms with Gasteiger partial charge >= 0.3 is 0 Å². The van der Waals surface area contributed by atoms with Gasteiger partial charge < -0.3 is 19.2 Å². The van der Waals surface area contributed by atoms with Gasteiger partial charge in [0.15, 0.2) is 12.1 Å². The van der Waals surface area contributed by atoms with Crippen LogP contribution in [0.2, 0.25) is 0 Å². The first-order valence-electron chi connectivity index (χ1n) is 8.62. The summed E-state index contributed by atoms with van der Waals surface area (Å²) in [5.74, 6) is 0.438. The highest BCUT2D eigenvalue weighted by Gasteiger charge is 2.30. The Balaban J connectivity index is 1.62. The van der Waals surface area contributed by atoms with Crippen molar-refractivity contribution in [1.29, 1.82) is 0 Å². The molecule has 0 spiro atoms. The number of nitrogens with zero attached hydrogens (tertiary/aromatic N) is 1. The number of hydrogen-bond donors (Lipinski definition) is 1. The molecule has 1 aliphatic heterocycles. The van der Waals surface area contributed by atoms with E-state index in [-0.39, 0.29) is 24.0 Å². The number of carbonyl (C=O) groups is 1. The number of hydrogen-bond acceptors (Lipinski definition) is 5. The number of rotatable bonds is 6. The molecule has 1 aromatic carbocycles. The summed E-state index contributed by atoms with van der Waals surface area (Å²) in [4.78, 5) is 16.6. The number of oxazole rings is 1. The van der Waals surface area contributed by atoms with Crippen LogP contribution in [0.15, 0.2) is 41.1 Å². The summed E-state index contributed by atoms with van der Waals surface area (Å²) in [5.41, 5.74) is 1.44. The van der Waals surface area contributed by atoms with Crippen molar-refractivity contribution in [2.45, 2.75) is 44.9 Å². The van der Waals surface area contributed by atoms with Crippen LogP contribution in [0.3, 0.4) is 0 Å². The molecular formula is C19H24N2O4. The first kappa shape index (κ1) is 17.6. The van der Waals surface area contributed by atoms with E-state index in [1.54, 1.807) is 0 Å². The van der Waals surface area contributed by atoms with E-state index in [0.29, 0.717) is 31.3 Å². The van der Waals surface area contributed by atoms with Crippen molar-refractivity contribution in [1.82, 2.24) is 10.3 Å². The molecule has 2 atom stereocenters. The van der Waals surface area contributed by atoms with E-state index in [0.717, 1.165) is 12.0 Å². The van der Waals surface area contributed by atoms with E-state index in [4.69, 9.17) is 13.9 Å². The summed E-state index contributed by atoms with van der Waals surface area (Å²) in [5, 5.41) is 2.99. The minimum absolute atomic E-state index is 0.0905. The van der Waals surface area contributed by atoms with Gasteiger partial charge in [-0.05, 0) is 12.0 Å². The van der Waals surface area contributed by atoms with E-state index in [1.165, 1.54) is 6.39 Å². The van der Waals surface area contributed by atoms with E-state index >= 15 is 0 Å². The van der Waals surface area contributed by atoms with E-state index in [9.17, 15) is 4.79 Å². The van der Waals surface area contributed by atoms with Crippen molar-refractivity contribution in [3.05, 3.63) is 53.7 Å². The monoisotopic (exact) mass is 344 g/mol. The quantitative estimate of drug-likeness (QED) is 0.872. The summed E-state index contributed by atoms with van der Waals surface area (Å²) < 4.78 is 16.9. The molecule has 1 N–H and O–H groups in total. The molecule has 6 heteroatoms. The minimum Gasteiger partial charge on any atom is -0.447 e. The van der Waals surface area contributed by atoms with Crippen LogP contribution in [0.25, 0.3) is 0 Å². The molecule has 3 rings (SSSR count). The van der Waals surface area contributed by atoms with Gasteiger partial charge in [-0.3, -0.25) is 4.79 Å². The lowest BCUT2D eigenvalue weighted by molar-refractivity contribution is -0.0605. The number of benzene rings is 1. The van der Waals surface area contributed by atoms with Crippen LogP contribution in [0.1, 0.15) is 48.0 Å². The van der Waals surface area contributed by atoms with Crippen LogP contribution in [-0.4, -0.2) is 36.3 Å². The van der Waals surface area contributed by atoms with Crippen LogP contribution in [-0.2, 0) is 16.1 Å². The smallest absolute Gasteiger partial charge is 0.273 e. The number of ether oxygens (including phenoxy) is 2. The maximum atomic E-state index is 12.6. The zero-order valence-corrected chi connectivity index (χ0v) is 14.6. The van der Waals surface area contributed by atoms with Gasteiger partial charge in [0.25, 0.3) is 5.91 Å². The fourth-order valence-electron chi connectivity index (χ4n) is 2.90. The van der Waals surface area contributed by atoms with Gasteiger partial charge in [0.05, 0.1) is 25.4 Å². The number of nitrogens with one attached hydrogen (secondary N) is 1. The molecule has 1 aliphatic rings. The molecule has 6 nitrogen and oxygen atoms in total. The highest BCUT2D eigenvalue weighted by molar-refractivity contribution is 5.93. The van der Waals surface area contributed by atoms with Gasteiger partial charge in [-0.2, -0.15) is 0 Å². The lowest BCUT2D eigenvalue weighted by Gasteiger charge is -2.32. The Hall–Kier alpha value is -2.18. The first-order chi connectivity index (χ1) is 12.1. The molecule has 134 valence electrons. The molecule has 0 unspecified atom stereocenters. The topological polar surface area (TPSA) is 73.6 Å². The molecule has 0 bridgehead atoms. The minimum atomic E-state index is -0.249. The van der Waals surface area contributed by atoms with Crippen molar-refractivity contribution < 1.29 is 18.7 Å². The molecule has 0 aliphatic carbocycles. The maximum Gasteiger partial charge on any atom is 0.273 e. The molecule has 1 saturated heterocycles. The van der Waals surface area contributed by atoms with Crippen LogP contribution >= 0.6 is 0 Å². The molecule has 25 heavy (non-hydrogen) atoms. The van der Waals surface area contributed by atoms with E-state index in [2.05, 4.69) is 10.3 Å². The maximum absolute atomic E-state index is 12.6. The molecule has 0 radical (unpaired) electrons. The average Bonchev–Trinajstić information content (AvgIpc) is 3.12. The summed E-state index contributed by atoms with van der Waals surface area (Å²) in [6, 6.07) is 9.79. The molecular weight excluding hydrogens is 320 g/mol. The predicted octanol–water partition coefficient (Wildman–Crippen LogP) is 2.90.